The molecule has 2 aromatic heterocycles. The number of rotatable bonds is 9. The lowest BCUT2D eigenvalue weighted by atomic mass is 9.93. The topological polar surface area (TPSA) is 126 Å². The third-order valence-electron chi connectivity index (χ3n) is 6.71. The van der Waals surface area contributed by atoms with Crippen LogP contribution in [0.15, 0.2) is 74.0 Å². The normalized spacial score (nSPS) is 14.8. The molecule has 13 heteroatoms. The number of methoxy groups -OCH3 is 1. The maximum atomic E-state index is 14.0. The van der Waals surface area contributed by atoms with Gasteiger partial charge in [0.15, 0.2) is 4.80 Å². The number of nitrogens with zero attached hydrogens (tertiary/aromatic N) is 3. The first-order valence-corrected chi connectivity index (χ1v) is 14.8. The summed E-state index contributed by atoms with van der Waals surface area (Å²) in [6.45, 7) is 3.82. The lowest BCUT2D eigenvalue weighted by Gasteiger charge is -2.27. The van der Waals surface area contributed by atoms with Crippen LogP contribution in [-0.2, 0) is 9.53 Å². The molecule has 1 aliphatic heterocycles. The molecule has 0 fully saturated rings. The van der Waals surface area contributed by atoms with Crippen molar-refractivity contribution in [2.75, 3.05) is 13.7 Å². The largest absolute Gasteiger partial charge is 0.496 e. The minimum Gasteiger partial charge on any atom is -0.496 e. The first-order valence-electron chi connectivity index (χ1n) is 13.3. The standard InChI is InChI=1S/C30H25Cl2N3O7S/c1-4-6-21-26(29(37)41-5-2)27(19-14-17(31)8-11-24(19)40-3)34-28(36)25(43-30(34)33-21)15-18-9-12-23(42-18)16-7-10-20(32)22(13-16)35(38)39/h7-15,27H,4-6H2,1-3H3/b25-15+/t27-/m1/s1. The number of esters is 1. The zero-order chi connectivity index (χ0) is 30.8. The zero-order valence-corrected chi connectivity index (χ0v) is 25.6. The fourth-order valence-corrected chi connectivity index (χ4v) is 6.22. The molecule has 0 saturated carbocycles. The van der Waals surface area contributed by atoms with Crippen LogP contribution < -0.4 is 19.6 Å². The molecule has 0 bridgehead atoms. The number of aromatic nitrogens is 1. The summed E-state index contributed by atoms with van der Waals surface area (Å²) < 4.78 is 18.7. The summed E-state index contributed by atoms with van der Waals surface area (Å²) in [5.41, 5.74) is 1.07. The second-order valence-electron chi connectivity index (χ2n) is 9.43. The Morgan fingerprint density at radius 1 is 1.19 bits per heavy atom. The van der Waals surface area contributed by atoms with Crippen molar-refractivity contribution in [1.29, 1.82) is 0 Å². The summed E-state index contributed by atoms with van der Waals surface area (Å²) in [5.74, 6) is 0.559. The summed E-state index contributed by atoms with van der Waals surface area (Å²) in [6.07, 6.45) is 2.75. The number of ether oxygens (including phenoxy) is 2. The van der Waals surface area contributed by atoms with E-state index in [1.807, 2.05) is 6.92 Å². The van der Waals surface area contributed by atoms with Gasteiger partial charge >= 0.3 is 5.97 Å². The van der Waals surface area contributed by atoms with Crippen molar-refractivity contribution in [3.8, 4) is 17.1 Å². The van der Waals surface area contributed by atoms with Crippen molar-refractivity contribution < 1.29 is 23.6 Å². The Balaban J connectivity index is 1.69. The van der Waals surface area contributed by atoms with Gasteiger partial charge in [-0.2, -0.15) is 0 Å². The van der Waals surface area contributed by atoms with Gasteiger partial charge in [0.1, 0.15) is 28.3 Å². The number of nitro benzene ring substituents is 1. The number of benzene rings is 2. The number of thiazole rings is 1. The number of furan rings is 1. The van der Waals surface area contributed by atoms with Crippen molar-refractivity contribution in [3.63, 3.8) is 0 Å². The summed E-state index contributed by atoms with van der Waals surface area (Å²) in [5, 5.41) is 11.7. The smallest absolute Gasteiger partial charge is 0.338 e. The Kier molecular flexibility index (Phi) is 8.86. The van der Waals surface area contributed by atoms with Crippen molar-refractivity contribution >= 4 is 52.3 Å². The number of hydrogen-bond acceptors (Lipinski definition) is 9. The SMILES string of the molecule is CCCC1=C(C(=O)OCC)[C@@H](c2cc(Cl)ccc2OC)n2c(s/c(=C/c3ccc(-c4ccc(Cl)c([N+](=O)[O-])c4)o3)c2=O)=N1. The fourth-order valence-electron chi connectivity index (χ4n) is 4.85. The van der Waals surface area contributed by atoms with Crippen LogP contribution in [0.3, 0.4) is 0 Å². The number of halogens is 2. The van der Waals surface area contributed by atoms with Crippen LogP contribution >= 0.6 is 34.5 Å². The van der Waals surface area contributed by atoms with E-state index in [1.165, 1.54) is 23.8 Å². The van der Waals surface area contributed by atoms with Crippen LogP contribution in [0.1, 0.15) is 44.1 Å². The monoisotopic (exact) mass is 641 g/mol. The number of nitro groups is 1. The molecule has 1 aliphatic rings. The highest BCUT2D eigenvalue weighted by Crippen LogP contribution is 2.38. The van der Waals surface area contributed by atoms with E-state index in [0.717, 1.165) is 11.3 Å². The van der Waals surface area contributed by atoms with Crippen LogP contribution in [0.2, 0.25) is 10.0 Å². The van der Waals surface area contributed by atoms with Crippen molar-refractivity contribution in [2.45, 2.75) is 32.7 Å². The molecular formula is C30H25Cl2N3O7S. The number of hydrogen-bond donors (Lipinski definition) is 0. The fraction of sp³-hybridized carbons (Fsp3) is 0.233. The quantitative estimate of drug-likeness (QED) is 0.123. The molecule has 10 nitrogen and oxygen atoms in total. The minimum absolute atomic E-state index is 0.0113. The molecular weight excluding hydrogens is 617 g/mol. The molecule has 0 aliphatic carbocycles. The van der Waals surface area contributed by atoms with Gasteiger partial charge in [-0.3, -0.25) is 19.5 Å². The van der Waals surface area contributed by atoms with E-state index in [4.69, 9.17) is 42.1 Å². The average Bonchev–Trinajstić information content (AvgIpc) is 3.57. The molecule has 0 N–H and O–H groups in total. The summed E-state index contributed by atoms with van der Waals surface area (Å²) in [4.78, 5) is 43.3. The predicted octanol–water partition coefficient (Wildman–Crippen LogP) is 6.06. The van der Waals surface area contributed by atoms with Gasteiger partial charge in [-0.25, -0.2) is 9.79 Å². The number of fused-ring (bicyclic) bond motifs is 1. The minimum atomic E-state index is -0.908. The molecule has 1 atom stereocenters. The summed E-state index contributed by atoms with van der Waals surface area (Å²) in [7, 11) is 1.50. The highest BCUT2D eigenvalue weighted by atomic mass is 35.5. The maximum absolute atomic E-state index is 14.0. The summed E-state index contributed by atoms with van der Waals surface area (Å²) in [6, 6.07) is 11.8. The predicted molar refractivity (Wildman–Crippen MR) is 163 cm³/mol. The first-order chi connectivity index (χ1) is 20.7. The van der Waals surface area contributed by atoms with E-state index in [-0.39, 0.29) is 22.9 Å². The number of carbonyl (C=O) groups is 1. The van der Waals surface area contributed by atoms with Crippen LogP contribution in [0.4, 0.5) is 5.69 Å². The highest BCUT2D eigenvalue weighted by Gasteiger charge is 2.36. The number of allylic oxidation sites excluding steroid dienone is 1. The van der Waals surface area contributed by atoms with Gasteiger partial charge in [0, 0.05) is 28.3 Å². The van der Waals surface area contributed by atoms with Gasteiger partial charge in [-0.15, -0.1) is 0 Å². The van der Waals surface area contributed by atoms with E-state index < -0.39 is 22.5 Å². The molecule has 0 saturated heterocycles. The van der Waals surface area contributed by atoms with Crippen LogP contribution in [0, 0.1) is 10.1 Å². The Hall–Kier alpha value is -4.19. The van der Waals surface area contributed by atoms with E-state index in [9.17, 15) is 19.7 Å². The molecule has 0 radical (unpaired) electrons. The van der Waals surface area contributed by atoms with Crippen LogP contribution in [-0.4, -0.2) is 29.2 Å². The maximum Gasteiger partial charge on any atom is 0.338 e. The lowest BCUT2D eigenvalue weighted by molar-refractivity contribution is -0.384. The number of carbonyl (C=O) groups excluding carboxylic acids is 1. The van der Waals surface area contributed by atoms with Gasteiger partial charge in [0.25, 0.3) is 11.2 Å². The molecule has 3 heterocycles. The third kappa shape index (κ3) is 5.88. The van der Waals surface area contributed by atoms with Crippen LogP contribution in [0.5, 0.6) is 5.75 Å². The van der Waals surface area contributed by atoms with Crippen molar-refractivity contribution in [2.24, 2.45) is 4.99 Å². The molecule has 222 valence electrons. The van der Waals surface area contributed by atoms with Crippen molar-refractivity contribution in [1.82, 2.24) is 4.57 Å². The van der Waals surface area contributed by atoms with Crippen molar-refractivity contribution in [3.05, 3.63) is 111 Å². The molecule has 5 rings (SSSR count). The van der Waals surface area contributed by atoms with E-state index in [2.05, 4.69) is 0 Å². The van der Waals surface area contributed by atoms with Gasteiger partial charge in [-0.05, 0) is 55.8 Å². The van der Waals surface area contributed by atoms with Gasteiger partial charge in [0.05, 0.1) is 34.4 Å². The average molecular weight is 643 g/mol. The Bertz CT molecular complexity index is 1960. The molecule has 0 amide bonds. The van der Waals surface area contributed by atoms with E-state index in [0.29, 0.717) is 61.3 Å². The summed E-state index contributed by atoms with van der Waals surface area (Å²) >= 11 is 13.5. The van der Waals surface area contributed by atoms with E-state index in [1.54, 1.807) is 49.4 Å². The lowest BCUT2D eigenvalue weighted by Crippen LogP contribution is -2.40. The van der Waals surface area contributed by atoms with Crippen LogP contribution in [0.25, 0.3) is 17.4 Å². The molecule has 0 spiro atoms. The molecule has 4 aromatic rings. The second-order valence-corrected chi connectivity index (χ2v) is 11.3. The molecule has 0 unspecified atom stereocenters. The highest BCUT2D eigenvalue weighted by molar-refractivity contribution is 7.07. The first kappa shape index (κ1) is 30.3. The Morgan fingerprint density at radius 2 is 1.98 bits per heavy atom. The Morgan fingerprint density at radius 3 is 2.67 bits per heavy atom. The molecule has 43 heavy (non-hydrogen) atoms. The zero-order valence-electron chi connectivity index (χ0n) is 23.3. The van der Waals surface area contributed by atoms with Gasteiger partial charge in [-0.1, -0.05) is 47.9 Å². The van der Waals surface area contributed by atoms with Gasteiger partial charge in [0.2, 0.25) is 0 Å². The Labute approximate surface area is 259 Å². The van der Waals surface area contributed by atoms with E-state index >= 15 is 0 Å². The van der Waals surface area contributed by atoms with Gasteiger partial charge < -0.3 is 13.9 Å². The second kappa shape index (κ2) is 12.6. The third-order valence-corrected chi connectivity index (χ3v) is 8.24. The molecule has 2 aromatic carbocycles.